The summed E-state index contributed by atoms with van der Waals surface area (Å²) >= 11 is 0. The molecular weight excluding hydrogens is 256 g/mol. The van der Waals surface area contributed by atoms with Gasteiger partial charge in [-0.3, -0.25) is 4.79 Å². The zero-order valence-electron chi connectivity index (χ0n) is 11.0. The minimum absolute atomic E-state index is 0.0753. The fourth-order valence-electron chi connectivity index (χ4n) is 1.75. The highest BCUT2D eigenvalue weighted by Gasteiger charge is 2.10. The van der Waals surface area contributed by atoms with E-state index in [0.717, 1.165) is 0 Å². The number of aromatic hydroxyl groups is 1. The molecular formula is C16H14O4. The van der Waals surface area contributed by atoms with Gasteiger partial charge in [0.05, 0.1) is 5.56 Å². The predicted molar refractivity (Wildman–Crippen MR) is 77.6 cm³/mol. The van der Waals surface area contributed by atoms with Crippen LogP contribution in [0.25, 0.3) is 17.2 Å². The predicted octanol–water partition coefficient (Wildman–Crippen LogP) is 3.41. The van der Waals surface area contributed by atoms with Crippen LogP contribution in [0.3, 0.4) is 0 Å². The molecule has 20 heavy (non-hydrogen) atoms. The maximum absolute atomic E-state index is 12.3. The highest BCUT2D eigenvalue weighted by Crippen LogP contribution is 2.21. The van der Waals surface area contributed by atoms with Gasteiger partial charge in [0.1, 0.15) is 23.5 Å². The third-order valence-corrected chi connectivity index (χ3v) is 2.92. The lowest BCUT2D eigenvalue weighted by Crippen LogP contribution is -2.09. The van der Waals surface area contributed by atoms with Gasteiger partial charge in [0.2, 0.25) is 0 Å². The van der Waals surface area contributed by atoms with E-state index in [-0.39, 0.29) is 22.7 Å². The molecule has 0 aliphatic heterocycles. The average Bonchev–Trinajstić information content (AvgIpc) is 2.45. The van der Waals surface area contributed by atoms with Gasteiger partial charge in [0.15, 0.2) is 5.43 Å². The summed E-state index contributed by atoms with van der Waals surface area (Å²) in [5.74, 6) is 0.342. The summed E-state index contributed by atoms with van der Waals surface area (Å²) in [4.78, 5) is 12.3. The second-order valence-corrected chi connectivity index (χ2v) is 4.29. The first-order chi connectivity index (χ1) is 9.52. The summed E-state index contributed by atoms with van der Waals surface area (Å²) in [5, 5.41) is 18.6. The van der Waals surface area contributed by atoms with Crippen molar-refractivity contribution in [3.8, 4) is 16.9 Å². The van der Waals surface area contributed by atoms with Crippen molar-refractivity contribution in [2.45, 2.75) is 6.92 Å². The molecule has 0 bridgehead atoms. The minimum atomic E-state index is -0.190. The smallest absolute Gasteiger partial charge is 0.196 e. The van der Waals surface area contributed by atoms with Gasteiger partial charge in [-0.2, -0.15) is 0 Å². The molecule has 4 heteroatoms. The van der Waals surface area contributed by atoms with E-state index in [1.54, 1.807) is 19.1 Å². The number of benzene rings is 1. The third kappa shape index (κ3) is 2.64. The van der Waals surface area contributed by atoms with E-state index in [1.165, 1.54) is 30.5 Å². The van der Waals surface area contributed by atoms with Crippen LogP contribution >= 0.6 is 0 Å². The molecule has 102 valence electrons. The van der Waals surface area contributed by atoms with Crippen LogP contribution in [0.2, 0.25) is 0 Å². The molecule has 0 spiro atoms. The van der Waals surface area contributed by atoms with Crippen molar-refractivity contribution in [3.63, 3.8) is 0 Å². The van der Waals surface area contributed by atoms with Crippen molar-refractivity contribution in [2.24, 2.45) is 0 Å². The number of aliphatic hydroxyl groups is 1. The molecule has 0 radical (unpaired) electrons. The van der Waals surface area contributed by atoms with Crippen molar-refractivity contribution in [1.29, 1.82) is 0 Å². The van der Waals surface area contributed by atoms with Crippen LogP contribution in [-0.4, -0.2) is 10.2 Å². The van der Waals surface area contributed by atoms with Crippen LogP contribution < -0.4 is 5.43 Å². The molecule has 2 rings (SSSR count). The van der Waals surface area contributed by atoms with Gasteiger partial charge in [-0.05, 0) is 30.7 Å². The molecule has 1 aromatic heterocycles. The fourth-order valence-corrected chi connectivity index (χ4v) is 1.75. The minimum Gasteiger partial charge on any atom is -0.508 e. The van der Waals surface area contributed by atoms with Crippen LogP contribution in [0.15, 0.2) is 58.2 Å². The molecule has 0 fully saturated rings. The molecule has 1 aromatic carbocycles. The van der Waals surface area contributed by atoms with Crippen molar-refractivity contribution in [1.82, 2.24) is 0 Å². The van der Waals surface area contributed by atoms with Gasteiger partial charge < -0.3 is 14.6 Å². The molecule has 0 amide bonds. The highest BCUT2D eigenvalue weighted by atomic mass is 16.3. The Labute approximate surface area is 115 Å². The maximum Gasteiger partial charge on any atom is 0.196 e. The number of rotatable bonds is 3. The zero-order valence-corrected chi connectivity index (χ0v) is 11.0. The number of hydrogen-bond acceptors (Lipinski definition) is 4. The van der Waals surface area contributed by atoms with Gasteiger partial charge in [-0.15, -0.1) is 0 Å². The van der Waals surface area contributed by atoms with E-state index in [4.69, 9.17) is 4.42 Å². The molecule has 0 aliphatic carbocycles. The Hall–Kier alpha value is -2.75. The zero-order chi connectivity index (χ0) is 14.7. The monoisotopic (exact) mass is 270 g/mol. The summed E-state index contributed by atoms with van der Waals surface area (Å²) in [7, 11) is 0. The summed E-state index contributed by atoms with van der Waals surface area (Å²) in [5.41, 5.74) is 1.26. The van der Waals surface area contributed by atoms with Crippen LogP contribution in [0.5, 0.6) is 5.75 Å². The molecule has 0 saturated heterocycles. The average molecular weight is 270 g/mol. The molecule has 4 nitrogen and oxygen atoms in total. The Morgan fingerprint density at radius 3 is 2.55 bits per heavy atom. The van der Waals surface area contributed by atoms with Gasteiger partial charge >= 0.3 is 0 Å². The first-order valence-corrected chi connectivity index (χ1v) is 5.98. The van der Waals surface area contributed by atoms with E-state index in [2.05, 4.69) is 6.58 Å². The number of hydrogen-bond donors (Lipinski definition) is 2. The second-order valence-electron chi connectivity index (χ2n) is 4.29. The quantitative estimate of drug-likeness (QED) is 0.662. The normalized spacial score (nSPS) is 11.3. The van der Waals surface area contributed by atoms with Gasteiger partial charge in [-0.25, -0.2) is 0 Å². The Balaban J connectivity index is 2.54. The first-order valence-electron chi connectivity index (χ1n) is 5.98. The lowest BCUT2D eigenvalue weighted by molar-refractivity contribution is 0.435. The third-order valence-electron chi connectivity index (χ3n) is 2.92. The topological polar surface area (TPSA) is 70.7 Å². The fraction of sp³-hybridized carbons (Fsp3) is 0.0625. The molecule has 2 N–H and O–H groups in total. The number of aliphatic hydroxyl groups excluding tert-OH is 1. The molecule has 2 aromatic rings. The lowest BCUT2D eigenvalue weighted by atomic mass is 10.0. The SMILES string of the molecule is C=C/C(O)=C\c1occ(-c2ccc(O)cc2)c(=O)c1C. The van der Waals surface area contributed by atoms with Crippen LogP contribution in [0.1, 0.15) is 11.3 Å². The van der Waals surface area contributed by atoms with Gasteiger partial charge in [0.25, 0.3) is 0 Å². The second kappa shape index (κ2) is 5.48. The Morgan fingerprint density at radius 1 is 1.30 bits per heavy atom. The molecule has 0 aliphatic rings. The Kier molecular flexibility index (Phi) is 3.75. The van der Waals surface area contributed by atoms with E-state index in [0.29, 0.717) is 16.7 Å². The van der Waals surface area contributed by atoms with Crippen molar-refractivity contribution in [3.05, 3.63) is 70.5 Å². The number of phenolic OH excluding ortho intramolecular Hbond substituents is 1. The molecule has 0 saturated carbocycles. The van der Waals surface area contributed by atoms with E-state index in [1.807, 2.05) is 0 Å². The van der Waals surface area contributed by atoms with E-state index in [9.17, 15) is 15.0 Å². The first kappa shape index (κ1) is 13.7. The maximum atomic E-state index is 12.3. The standard InChI is InChI=1S/C16H14O4/c1-3-12(17)8-15-10(2)16(19)14(9-20-15)11-4-6-13(18)7-5-11/h3-9,17-18H,1H2,2H3/b12-8+. The Morgan fingerprint density at radius 2 is 1.95 bits per heavy atom. The van der Waals surface area contributed by atoms with Crippen LogP contribution in [0.4, 0.5) is 0 Å². The van der Waals surface area contributed by atoms with Crippen molar-refractivity contribution >= 4 is 6.08 Å². The lowest BCUT2D eigenvalue weighted by Gasteiger charge is -2.04. The van der Waals surface area contributed by atoms with Gasteiger partial charge in [0, 0.05) is 11.6 Å². The van der Waals surface area contributed by atoms with Crippen LogP contribution in [-0.2, 0) is 0 Å². The van der Waals surface area contributed by atoms with Crippen LogP contribution in [0, 0.1) is 6.92 Å². The Bertz CT molecular complexity index is 721. The summed E-state index contributed by atoms with van der Waals surface area (Å²) in [6, 6.07) is 6.28. The molecule has 0 atom stereocenters. The summed E-state index contributed by atoms with van der Waals surface area (Å²) in [6.45, 7) is 5.04. The highest BCUT2D eigenvalue weighted by molar-refractivity contribution is 5.65. The number of phenols is 1. The number of allylic oxidation sites excluding steroid dienone is 1. The largest absolute Gasteiger partial charge is 0.508 e. The van der Waals surface area contributed by atoms with Crippen molar-refractivity contribution < 1.29 is 14.6 Å². The van der Waals surface area contributed by atoms with E-state index >= 15 is 0 Å². The van der Waals surface area contributed by atoms with Crippen molar-refractivity contribution in [2.75, 3.05) is 0 Å². The van der Waals surface area contributed by atoms with Gasteiger partial charge in [-0.1, -0.05) is 18.7 Å². The molecule has 1 heterocycles. The molecule has 0 unspecified atom stereocenters. The van der Waals surface area contributed by atoms with E-state index < -0.39 is 0 Å². The summed E-state index contributed by atoms with van der Waals surface area (Å²) < 4.78 is 5.38. The summed E-state index contributed by atoms with van der Waals surface area (Å²) in [6.07, 6.45) is 3.93.